The molecule has 0 amide bonds. The number of hydrogen-bond donors (Lipinski definition) is 0. The number of carbonyl (C=O) groups excluding carboxylic acids is 2. The van der Waals surface area contributed by atoms with Gasteiger partial charge in [-0.3, -0.25) is 0 Å². The Morgan fingerprint density at radius 1 is 1.29 bits per heavy atom. The first-order chi connectivity index (χ1) is 7.74. The molecule has 0 aliphatic rings. The Balaban J connectivity index is 3.05. The van der Waals surface area contributed by atoms with Gasteiger partial charge in [0.25, 0.3) is 0 Å². The molecule has 0 aliphatic heterocycles. The van der Waals surface area contributed by atoms with E-state index in [1.54, 1.807) is 40.0 Å². The molecule has 0 N–H and O–H groups in total. The van der Waals surface area contributed by atoms with Crippen LogP contribution in [0.25, 0.3) is 0 Å². The van der Waals surface area contributed by atoms with E-state index in [0.717, 1.165) is 10.1 Å². The molecular weight excluding hydrogens is 222 g/mol. The maximum Gasteiger partial charge on any atom is 0.419 e. The van der Waals surface area contributed by atoms with Crippen LogP contribution in [0.2, 0.25) is 0 Å². The van der Waals surface area contributed by atoms with Crippen molar-refractivity contribution in [2.75, 3.05) is 7.11 Å². The predicted molar refractivity (Wildman–Crippen MR) is 62.1 cm³/mol. The van der Waals surface area contributed by atoms with Gasteiger partial charge < -0.3 is 9.47 Å². The zero-order valence-electron chi connectivity index (χ0n) is 10.7. The van der Waals surface area contributed by atoms with E-state index in [1.165, 1.54) is 7.11 Å². The van der Waals surface area contributed by atoms with E-state index in [9.17, 15) is 9.59 Å². The van der Waals surface area contributed by atoms with E-state index in [0.29, 0.717) is 0 Å². The number of methoxy groups -OCH3 is 1. The SMILES string of the molecule is COC(=O)c1cc(C)cn1C(=O)OC(C)(C)C. The summed E-state index contributed by atoms with van der Waals surface area (Å²) < 4.78 is 11.0. The first-order valence-corrected chi connectivity index (χ1v) is 5.25. The lowest BCUT2D eigenvalue weighted by Crippen LogP contribution is -2.28. The monoisotopic (exact) mass is 239 g/mol. The Morgan fingerprint density at radius 3 is 2.35 bits per heavy atom. The van der Waals surface area contributed by atoms with Gasteiger partial charge in [0.15, 0.2) is 0 Å². The summed E-state index contributed by atoms with van der Waals surface area (Å²) in [6, 6.07) is 1.58. The summed E-state index contributed by atoms with van der Waals surface area (Å²) in [7, 11) is 1.27. The maximum absolute atomic E-state index is 11.8. The highest BCUT2D eigenvalue weighted by Crippen LogP contribution is 2.14. The van der Waals surface area contributed by atoms with Crippen molar-refractivity contribution in [3.63, 3.8) is 0 Å². The highest BCUT2D eigenvalue weighted by Gasteiger charge is 2.22. The van der Waals surface area contributed by atoms with Crippen LogP contribution in [0.1, 0.15) is 36.8 Å². The van der Waals surface area contributed by atoms with E-state index in [2.05, 4.69) is 4.74 Å². The van der Waals surface area contributed by atoms with Gasteiger partial charge in [-0.05, 0) is 39.3 Å². The third kappa shape index (κ3) is 3.34. The van der Waals surface area contributed by atoms with Crippen molar-refractivity contribution in [1.82, 2.24) is 4.57 Å². The van der Waals surface area contributed by atoms with Gasteiger partial charge in [-0.15, -0.1) is 0 Å². The van der Waals surface area contributed by atoms with Crippen molar-refractivity contribution >= 4 is 12.1 Å². The molecule has 0 aliphatic carbocycles. The van der Waals surface area contributed by atoms with Gasteiger partial charge in [0.2, 0.25) is 0 Å². The Bertz CT molecular complexity index is 440. The van der Waals surface area contributed by atoms with E-state index in [-0.39, 0.29) is 5.69 Å². The summed E-state index contributed by atoms with van der Waals surface area (Å²) in [5, 5.41) is 0. The molecule has 5 heteroatoms. The van der Waals surface area contributed by atoms with Crippen LogP contribution in [0.4, 0.5) is 4.79 Å². The molecule has 17 heavy (non-hydrogen) atoms. The molecule has 0 unspecified atom stereocenters. The number of aryl methyl sites for hydroxylation is 1. The number of hydrogen-bond acceptors (Lipinski definition) is 4. The fourth-order valence-electron chi connectivity index (χ4n) is 1.32. The van der Waals surface area contributed by atoms with E-state index >= 15 is 0 Å². The topological polar surface area (TPSA) is 57.5 Å². The third-order valence-corrected chi connectivity index (χ3v) is 1.94. The minimum atomic E-state index is -0.608. The quantitative estimate of drug-likeness (QED) is 0.706. The molecule has 0 saturated heterocycles. The third-order valence-electron chi connectivity index (χ3n) is 1.94. The predicted octanol–water partition coefficient (Wildman–Crippen LogP) is 2.37. The largest absolute Gasteiger partial charge is 0.464 e. The number of aromatic nitrogens is 1. The van der Waals surface area contributed by atoms with E-state index in [1.807, 2.05) is 0 Å². The van der Waals surface area contributed by atoms with Crippen LogP contribution in [0.5, 0.6) is 0 Å². The van der Waals surface area contributed by atoms with Crippen molar-refractivity contribution in [1.29, 1.82) is 0 Å². The van der Waals surface area contributed by atoms with Gasteiger partial charge in [-0.1, -0.05) is 0 Å². The van der Waals surface area contributed by atoms with Crippen molar-refractivity contribution in [2.45, 2.75) is 33.3 Å². The Kier molecular flexibility index (Phi) is 3.60. The second kappa shape index (κ2) is 4.61. The van der Waals surface area contributed by atoms with Crippen LogP contribution < -0.4 is 0 Å². The summed E-state index contributed by atoms with van der Waals surface area (Å²) in [4.78, 5) is 23.3. The van der Waals surface area contributed by atoms with Crippen LogP contribution in [0.3, 0.4) is 0 Å². The fourth-order valence-corrected chi connectivity index (χ4v) is 1.32. The van der Waals surface area contributed by atoms with Crippen LogP contribution in [-0.2, 0) is 9.47 Å². The Labute approximate surface area is 100 Å². The van der Waals surface area contributed by atoms with Crippen molar-refractivity contribution in [3.05, 3.63) is 23.5 Å². The van der Waals surface area contributed by atoms with Crippen molar-refractivity contribution < 1.29 is 19.1 Å². The highest BCUT2D eigenvalue weighted by atomic mass is 16.6. The van der Waals surface area contributed by atoms with Gasteiger partial charge in [0, 0.05) is 6.20 Å². The molecular formula is C12H17NO4. The molecule has 0 aromatic carbocycles. The molecule has 94 valence electrons. The lowest BCUT2D eigenvalue weighted by atomic mass is 10.2. The number of rotatable bonds is 1. The molecule has 0 radical (unpaired) electrons. The average molecular weight is 239 g/mol. The first kappa shape index (κ1) is 13.3. The molecule has 0 bridgehead atoms. The zero-order chi connectivity index (χ0) is 13.2. The molecule has 0 spiro atoms. The maximum atomic E-state index is 11.8. The van der Waals surface area contributed by atoms with Crippen LogP contribution in [-0.4, -0.2) is 29.3 Å². The van der Waals surface area contributed by atoms with Gasteiger partial charge in [-0.25, -0.2) is 14.2 Å². The summed E-state index contributed by atoms with van der Waals surface area (Å²) in [6.45, 7) is 7.07. The minimum Gasteiger partial charge on any atom is -0.464 e. The van der Waals surface area contributed by atoms with E-state index < -0.39 is 17.7 Å². The van der Waals surface area contributed by atoms with Crippen molar-refractivity contribution in [2.24, 2.45) is 0 Å². The Hall–Kier alpha value is -1.78. The molecule has 1 heterocycles. The van der Waals surface area contributed by atoms with Gasteiger partial charge >= 0.3 is 12.1 Å². The molecule has 1 aromatic heterocycles. The molecule has 0 fully saturated rings. The van der Waals surface area contributed by atoms with Gasteiger partial charge in [0.05, 0.1) is 7.11 Å². The smallest absolute Gasteiger partial charge is 0.419 e. The normalized spacial score (nSPS) is 11.1. The molecule has 1 rings (SSSR count). The van der Waals surface area contributed by atoms with Crippen LogP contribution in [0.15, 0.2) is 12.3 Å². The van der Waals surface area contributed by atoms with Crippen LogP contribution in [0, 0.1) is 6.92 Å². The fraction of sp³-hybridized carbons (Fsp3) is 0.500. The second-order valence-electron chi connectivity index (χ2n) is 4.74. The summed E-state index contributed by atoms with van der Waals surface area (Å²) >= 11 is 0. The lowest BCUT2D eigenvalue weighted by molar-refractivity contribution is 0.0483. The minimum absolute atomic E-state index is 0.166. The standard InChI is InChI=1S/C12H17NO4/c1-8-6-9(10(14)16-5)13(7-8)11(15)17-12(2,3)4/h6-7H,1-5H3. The second-order valence-corrected chi connectivity index (χ2v) is 4.74. The molecule has 1 aromatic rings. The zero-order valence-corrected chi connectivity index (χ0v) is 10.7. The van der Waals surface area contributed by atoms with Crippen molar-refractivity contribution in [3.8, 4) is 0 Å². The Morgan fingerprint density at radius 2 is 1.88 bits per heavy atom. The molecule has 5 nitrogen and oxygen atoms in total. The van der Waals surface area contributed by atoms with E-state index in [4.69, 9.17) is 4.74 Å². The van der Waals surface area contributed by atoms with Crippen LogP contribution >= 0.6 is 0 Å². The molecule has 0 saturated carbocycles. The van der Waals surface area contributed by atoms with Gasteiger partial charge in [0.1, 0.15) is 11.3 Å². The number of carbonyl (C=O) groups is 2. The summed E-state index contributed by atoms with van der Waals surface area (Å²) in [5.41, 5.74) is 0.346. The highest BCUT2D eigenvalue weighted by molar-refractivity contribution is 5.92. The van der Waals surface area contributed by atoms with Gasteiger partial charge in [-0.2, -0.15) is 0 Å². The average Bonchev–Trinajstić information content (AvgIpc) is 2.56. The number of esters is 1. The number of ether oxygens (including phenoxy) is 2. The lowest BCUT2D eigenvalue weighted by Gasteiger charge is -2.20. The summed E-state index contributed by atoms with van der Waals surface area (Å²) in [5.74, 6) is -0.566. The number of nitrogens with zero attached hydrogens (tertiary/aromatic N) is 1. The first-order valence-electron chi connectivity index (χ1n) is 5.25. The molecule has 0 atom stereocenters. The summed E-state index contributed by atoms with van der Waals surface area (Å²) in [6.07, 6.45) is 0.950.